The molecule has 0 radical (unpaired) electrons. The molecule has 1 heterocycles. The van der Waals surface area contributed by atoms with Gasteiger partial charge in [-0.3, -0.25) is 24.0 Å². The number of rotatable bonds is 14. The van der Waals surface area contributed by atoms with Gasteiger partial charge < -0.3 is 36.4 Å². The predicted octanol–water partition coefficient (Wildman–Crippen LogP) is 1.71. The van der Waals surface area contributed by atoms with Crippen LogP contribution in [-0.2, 0) is 41.7 Å². The molecule has 0 spiro atoms. The van der Waals surface area contributed by atoms with E-state index in [2.05, 4.69) is 16.0 Å². The smallest absolute Gasteiger partial charge is 0.254 e. The van der Waals surface area contributed by atoms with Crippen molar-refractivity contribution in [1.82, 2.24) is 20.9 Å². The number of benzene rings is 3. The molecule has 1 aliphatic rings. The molecule has 6 N–H and O–H groups in total. The molecule has 5 amide bonds. The van der Waals surface area contributed by atoms with Gasteiger partial charge in [0.15, 0.2) is 6.10 Å². The van der Waals surface area contributed by atoms with Crippen molar-refractivity contribution < 1.29 is 33.8 Å². The van der Waals surface area contributed by atoms with Crippen molar-refractivity contribution >= 4 is 40.3 Å². The Morgan fingerprint density at radius 3 is 2.31 bits per heavy atom. The van der Waals surface area contributed by atoms with Gasteiger partial charge in [0.25, 0.3) is 5.91 Å². The van der Waals surface area contributed by atoms with E-state index in [9.17, 15) is 29.1 Å². The maximum absolute atomic E-state index is 13.7. The Balaban J connectivity index is 1.43. The highest BCUT2D eigenvalue weighted by Gasteiger charge is 2.40. The fourth-order valence-corrected chi connectivity index (χ4v) is 5.73. The van der Waals surface area contributed by atoms with Crippen LogP contribution in [0.3, 0.4) is 0 Å². The monoisotopic (exact) mass is 659 g/mol. The van der Waals surface area contributed by atoms with Crippen molar-refractivity contribution in [2.45, 2.75) is 82.8 Å². The number of ether oxygens (including phenoxy) is 1. The Kier molecular flexibility index (Phi) is 12.3. The minimum absolute atomic E-state index is 0.0539. The molecule has 4 atom stereocenters. The molecule has 12 nitrogen and oxygen atoms in total. The topological polar surface area (TPSA) is 180 Å². The number of nitrogens with zero attached hydrogens (tertiary/aromatic N) is 1. The number of nitrogens with one attached hydrogen (secondary N) is 3. The summed E-state index contributed by atoms with van der Waals surface area (Å²) in [4.78, 5) is 66.2. The van der Waals surface area contributed by atoms with E-state index in [0.29, 0.717) is 12.8 Å². The number of fused-ring (bicyclic) bond motifs is 1. The van der Waals surface area contributed by atoms with Gasteiger partial charge in [0.2, 0.25) is 23.6 Å². The second kappa shape index (κ2) is 16.3. The third-order valence-corrected chi connectivity index (χ3v) is 7.97. The molecule has 4 unspecified atom stereocenters. The molecule has 48 heavy (non-hydrogen) atoms. The Morgan fingerprint density at radius 2 is 1.62 bits per heavy atom. The van der Waals surface area contributed by atoms with Gasteiger partial charge >= 0.3 is 0 Å². The minimum atomic E-state index is -1.73. The first-order chi connectivity index (χ1) is 22.8. The van der Waals surface area contributed by atoms with E-state index in [1.807, 2.05) is 69.3 Å². The van der Waals surface area contributed by atoms with E-state index in [1.54, 1.807) is 24.3 Å². The van der Waals surface area contributed by atoms with Crippen LogP contribution in [0.2, 0.25) is 0 Å². The average Bonchev–Trinajstić information content (AvgIpc) is 3.53. The third-order valence-electron chi connectivity index (χ3n) is 7.97. The largest absolute Gasteiger partial charge is 0.381 e. The molecular formula is C36H45N5O7. The Labute approximate surface area is 280 Å². The molecule has 0 aliphatic carbocycles. The maximum Gasteiger partial charge on any atom is 0.254 e. The van der Waals surface area contributed by atoms with Gasteiger partial charge in [-0.2, -0.15) is 0 Å². The molecule has 1 fully saturated rings. The van der Waals surface area contributed by atoms with Gasteiger partial charge in [-0.1, -0.05) is 66.7 Å². The van der Waals surface area contributed by atoms with Crippen LogP contribution in [0.4, 0.5) is 0 Å². The van der Waals surface area contributed by atoms with Crippen LogP contribution in [-0.4, -0.2) is 82.5 Å². The lowest BCUT2D eigenvalue weighted by molar-refractivity contribution is -0.147. The first-order valence-electron chi connectivity index (χ1n) is 16.1. The van der Waals surface area contributed by atoms with E-state index < -0.39 is 66.4 Å². The summed E-state index contributed by atoms with van der Waals surface area (Å²) >= 11 is 0. The minimum Gasteiger partial charge on any atom is -0.381 e. The van der Waals surface area contributed by atoms with Gasteiger partial charge in [-0.25, -0.2) is 0 Å². The lowest BCUT2D eigenvalue weighted by Gasteiger charge is -2.32. The lowest BCUT2D eigenvalue weighted by atomic mass is 9.99. The molecule has 3 aromatic rings. The number of primary amides is 1. The number of hydrogen-bond acceptors (Lipinski definition) is 7. The van der Waals surface area contributed by atoms with Crippen molar-refractivity contribution in [3.05, 3.63) is 83.9 Å². The second-order valence-electron chi connectivity index (χ2n) is 13.1. The van der Waals surface area contributed by atoms with Gasteiger partial charge in [-0.05, 0) is 68.0 Å². The van der Waals surface area contributed by atoms with Crippen LogP contribution in [0, 0.1) is 0 Å². The Morgan fingerprint density at radius 1 is 0.938 bits per heavy atom. The summed E-state index contributed by atoms with van der Waals surface area (Å²) in [7, 11) is 0. The molecule has 12 heteroatoms. The molecule has 3 aromatic carbocycles. The first-order valence-corrected chi connectivity index (χ1v) is 16.1. The van der Waals surface area contributed by atoms with Gasteiger partial charge in [0.05, 0.1) is 19.1 Å². The fourth-order valence-electron chi connectivity index (χ4n) is 5.73. The highest BCUT2D eigenvalue weighted by molar-refractivity contribution is 5.94. The molecule has 0 aromatic heterocycles. The molecular weight excluding hydrogens is 614 g/mol. The number of aliphatic hydroxyl groups is 1. The van der Waals surface area contributed by atoms with E-state index in [0.717, 1.165) is 21.9 Å². The van der Waals surface area contributed by atoms with Gasteiger partial charge in [0, 0.05) is 12.1 Å². The predicted molar refractivity (Wildman–Crippen MR) is 180 cm³/mol. The number of carbonyl (C=O) groups is 5. The van der Waals surface area contributed by atoms with Crippen LogP contribution in [0.15, 0.2) is 72.8 Å². The Bertz CT molecular complexity index is 1610. The number of hydrogen-bond donors (Lipinski definition) is 5. The maximum atomic E-state index is 13.7. The van der Waals surface area contributed by atoms with Crippen molar-refractivity contribution in [2.75, 3.05) is 13.2 Å². The number of amides is 5. The van der Waals surface area contributed by atoms with Gasteiger partial charge in [-0.15, -0.1) is 0 Å². The standard InChI is InChI=1S/C36H45N5O7/c1-36(2,3)40-34(46)29-14-9-17-41(29)35(47)32(44)27(19-23-10-5-4-6-11-23)39-33(45)28(20-30(37)42)38-31(43)22-48-21-24-15-16-25-12-7-8-13-26(25)18-24/h4-8,10-13,15-16,18,27-29,32,44H,9,14,17,19-22H2,1-3H3,(H2,37,42)(H,38,43)(H,39,45)(H,40,46). The van der Waals surface area contributed by atoms with Crippen LogP contribution in [0.1, 0.15) is 51.2 Å². The zero-order chi connectivity index (χ0) is 34.8. The van der Waals surface area contributed by atoms with Crippen LogP contribution in [0.5, 0.6) is 0 Å². The third kappa shape index (κ3) is 10.3. The van der Waals surface area contributed by atoms with Crippen LogP contribution >= 0.6 is 0 Å². The van der Waals surface area contributed by atoms with E-state index in [1.165, 1.54) is 4.90 Å². The molecule has 256 valence electrons. The average molecular weight is 660 g/mol. The summed E-state index contributed by atoms with van der Waals surface area (Å²) in [6.45, 7) is 5.53. The van der Waals surface area contributed by atoms with Crippen molar-refractivity contribution in [3.8, 4) is 0 Å². The summed E-state index contributed by atoms with van der Waals surface area (Å²) in [6.07, 6.45) is -1.19. The molecule has 0 saturated carbocycles. The van der Waals surface area contributed by atoms with Crippen molar-refractivity contribution in [3.63, 3.8) is 0 Å². The Hall–Kier alpha value is -4.81. The second-order valence-corrected chi connectivity index (χ2v) is 13.1. The quantitative estimate of drug-likeness (QED) is 0.175. The summed E-state index contributed by atoms with van der Waals surface area (Å²) in [5.74, 6) is -3.34. The van der Waals surface area contributed by atoms with Crippen LogP contribution in [0.25, 0.3) is 10.8 Å². The zero-order valence-electron chi connectivity index (χ0n) is 27.6. The van der Waals surface area contributed by atoms with Crippen molar-refractivity contribution in [1.29, 1.82) is 0 Å². The molecule has 0 bridgehead atoms. The van der Waals surface area contributed by atoms with E-state index >= 15 is 0 Å². The molecule has 1 aliphatic heterocycles. The normalized spacial score (nSPS) is 16.5. The van der Waals surface area contributed by atoms with E-state index in [-0.39, 0.29) is 25.5 Å². The van der Waals surface area contributed by atoms with Crippen LogP contribution < -0.4 is 21.7 Å². The summed E-state index contributed by atoms with van der Waals surface area (Å²) < 4.78 is 5.58. The number of carbonyl (C=O) groups excluding carboxylic acids is 5. The van der Waals surface area contributed by atoms with E-state index in [4.69, 9.17) is 10.5 Å². The number of nitrogens with two attached hydrogens (primary N) is 1. The first kappa shape index (κ1) is 36.0. The number of likely N-dealkylation sites (tertiary alicyclic amines) is 1. The molecule has 4 rings (SSSR count). The van der Waals surface area contributed by atoms with Crippen molar-refractivity contribution in [2.24, 2.45) is 5.73 Å². The fraction of sp³-hybridized carbons (Fsp3) is 0.417. The lowest BCUT2D eigenvalue weighted by Crippen LogP contribution is -2.59. The summed E-state index contributed by atoms with van der Waals surface area (Å²) in [6, 6.07) is 19.3. The SMILES string of the molecule is CC(C)(C)NC(=O)C1CCCN1C(=O)C(O)C(Cc1ccccc1)NC(=O)C(CC(N)=O)NC(=O)COCc1ccc2ccccc2c1. The molecule has 1 saturated heterocycles. The zero-order valence-corrected chi connectivity index (χ0v) is 27.6. The highest BCUT2D eigenvalue weighted by Crippen LogP contribution is 2.21. The summed E-state index contributed by atoms with van der Waals surface area (Å²) in [5, 5.41) is 21.5. The highest BCUT2D eigenvalue weighted by atomic mass is 16.5. The number of aliphatic hydroxyl groups excluding tert-OH is 1. The summed E-state index contributed by atoms with van der Waals surface area (Å²) in [5.41, 5.74) is 6.47. The van der Waals surface area contributed by atoms with Gasteiger partial charge in [0.1, 0.15) is 18.7 Å².